The molecule has 0 spiro atoms. The van der Waals surface area contributed by atoms with Crippen LogP contribution in [0.15, 0.2) is 18.2 Å². The number of methoxy groups -OCH3 is 1. The smallest absolute Gasteiger partial charge is 0.317 e. The summed E-state index contributed by atoms with van der Waals surface area (Å²) in [7, 11) is 5.04. The van der Waals surface area contributed by atoms with Gasteiger partial charge in [-0.2, -0.15) is 0 Å². The van der Waals surface area contributed by atoms with Gasteiger partial charge in [0.15, 0.2) is 0 Å². The van der Waals surface area contributed by atoms with E-state index in [1.807, 2.05) is 12.1 Å². The van der Waals surface area contributed by atoms with Gasteiger partial charge < -0.3 is 15.0 Å². The first-order valence-corrected chi connectivity index (χ1v) is 6.09. The Hall–Kier alpha value is -1.71. The zero-order valence-corrected chi connectivity index (χ0v) is 11.8. The van der Waals surface area contributed by atoms with Crippen molar-refractivity contribution in [1.29, 1.82) is 0 Å². The average Bonchev–Trinajstić information content (AvgIpc) is 2.37. The molecular weight excluding hydrogens is 228 g/mol. The van der Waals surface area contributed by atoms with Crippen molar-refractivity contribution in [3.05, 3.63) is 29.3 Å². The van der Waals surface area contributed by atoms with Crippen LogP contribution in [0.2, 0.25) is 0 Å². The monoisotopic (exact) mass is 250 g/mol. The molecule has 0 saturated carbocycles. The summed E-state index contributed by atoms with van der Waals surface area (Å²) >= 11 is 0. The molecule has 1 N–H and O–H groups in total. The van der Waals surface area contributed by atoms with Crippen LogP contribution in [0.1, 0.15) is 30.9 Å². The second kappa shape index (κ2) is 6.28. The van der Waals surface area contributed by atoms with Crippen molar-refractivity contribution in [2.75, 3.05) is 21.2 Å². The van der Waals surface area contributed by atoms with Gasteiger partial charge in [-0.25, -0.2) is 4.79 Å². The number of nitrogens with zero attached hydrogens (tertiary/aromatic N) is 1. The summed E-state index contributed by atoms with van der Waals surface area (Å²) in [4.78, 5) is 13.1. The Morgan fingerprint density at radius 3 is 2.61 bits per heavy atom. The number of amides is 2. The molecule has 18 heavy (non-hydrogen) atoms. The highest BCUT2D eigenvalue weighted by molar-refractivity contribution is 5.73. The molecule has 1 rings (SSSR count). The lowest BCUT2D eigenvalue weighted by Gasteiger charge is -2.19. The number of ether oxygens (including phenoxy) is 1. The fourth-order valence-corrected chi connectivity index (χ4v) is 1.77. The number of nitrogens with one attached hydrogen (secondary N) is 1. The third-order valence-electron chi connectivity index (χ3n) is 2.95. The fraction of sp³-hybridized carbons (Fsp3) is 0.500. The lowest BCUT2D eigenvalue weighted by molar-refractivity contribution is 0.208. The Balaban J connectivity index is 2.92. The van der Waals surface area contributed by atoms with Crippen molar-refractivity contribution < 1.29 is 9.53 Å². The predicted molar refractivity (Wildman–Crippen MR) is 73.0 cm³/mol. The van der Waals surface area contributed by atoms with Gasteiger partial charge in [-0.05, 0) is 17.5 Å². The molecule has 0 unspecified atom stereocenters. The summed E-state index contributed by atoms with van der Waals surface area (Å²) in [6.07, 6.45) is 0. The molecule has 0 aliphatic rings. The minimum atomic E-state index is -0.106. The van der Waals surface area contributed by atoms with E-state index >= 15 is 0 Å². The largest absolute Gasteiger partial charge is 0.496 e. The first-order valence-electron chi connectivity index (χ1n) is 6.09. The highest BCUT2D eigenvalue weighted by atomic mass is 16.5. The van der Waals surface area contributed by atoms with E-state index in [4.69, 9.17) is 4.74 Å². The van der Waals surface area contributed by atoms with Gasteiger partial charge in [0.05, 0.1) is 13.7 Å². The predicted octanol–water partition coefficient (Wildman–Crippen LogP) is 2.59. The van der Waals surface area contributed by atoms with Crippen LogP contribution >= 0.6 is 0 Å². The van der Waals surface area contributed by atoms with Crippen molar-refractivity contribution >= 4 is 6.03 Å². The maximum atomic E-state index is 11.5. The summed E-state index contributed by atoms with van der Waals surface area (Å²) in [5.41, 5.74) is 2.24. The molecule has 2 amide bonds. The van der Waals surface area contributed by atoms with Crippen LogP contribution in [0, 0.1) is 0 Å². The van der Waals surface area contributed by atoms with Gasteiger partial charge in [-0.3, -0.25) is 0 Å². The standard InChI is InChI=1S/C14H22N2O2/c1-10(2)11-6-7-12(13(8-11)18-5)9-16(4)14(17)15-3/h6-8,10H,9H2,1-5H3,(H,15,17). The minimum Gasteiger partial charge on any atom is -0.496 e. The van der Waals surface area contributed by atoms with Crippen LogP contribution in [0.3, 0.4) is 0 Å². The Kier molecular flexibility index (Phi) is 5.01. The number of carbonyl (C=O) groups is 1. The molecule has 1 aromatic carbocycles. The molecule has 0 bridgehead atoms. The number of hydrogen-bond acceptors (Lipinski definition) is 2. The molecule has 100 valence electrons. The van der Waals surface area contributed by atoms with Crippen molar-refractivity contribution in [3.63, 3.8) is 0 Å². The molecule has 4 nitrogen and oxygen atoms in total. The molecule has 4 heteroatoms. The van der Waals surface area contributed by atoms with Crippen LogP contribution < -0.4 is 10.1 Å². The molecular formula is C14H22N2O2. The van der Waals surface area contributed by atoms with Crippen molar-refractivity contribution in [2.24, 2.45) is 0 Å². The van der Waals surface area contributed by atoms with Crippen LogP contribution in [-0.4, -0.2) is 32.1 Å². The van der Waals surface area contributed by atoms with Crippen LogP contribution in [0.25, 0.3) is 0 Å². The minimum absolute atomic E-state index is 0.106. The number of urea groups is 1. The molecule has 0 aliphatic carbocycles. The van der Waals surface area contributed by atoms with E-state index in [0.29, 0.717) is 12.5 Å². The molecule has 0 heterocycles. The van der Waals surface area contributed by atoms with Gasteiger partial charge >= 0.3 is 6.03 Å². The topological polar surface area (TPSA) is 41.6 Å². The van der Waals surface area contributed by atoms with E-state index in [9.17, 15) is 4.79 Å². The fourth-order valence-electron chi connectivity index (χ4n) is 1.77. The summed E-state index contributed by atoms with van der Waals surface area (Å²) < 4.78 is 5.39. The summed E-state index contributed by atoms with van der Waals surface area (Å²) in [5.74, 6) is 1.29. The molecule has 0 radical (unpaired) electrons. The Bertz CT molecular complexity index is 416. The number of rotatable bonds is 4. The normalized spacial score (nSPS) is 10.3. The zero-order chi connectivity index (χ0) is 13.7. The number of carbonyl (C=O) groups excluding carboxylic acids is 1. The molecule has 0 aliphatic heterocycles. The van der Waals surface area contributed by atoms with E-state index in [1.54, 1.807) is 26.1 Å². The van der Waals surface area contributed by atoms with E-state index in [2.05, 4.69) is 25.2 Å². The van der Waals surface area contributed by atoms with Gasteiger partial charge in [-0.1, -0.05) is 26.0 Å². The number of benzene rings is 1. The first-order chi connectivity index (χ1) is 8.49. The summed E-state index contributed by atoms with van der Waals surface area (Å²) in [6, 6.07) is 6.04. The quantitative estimate of drug-likeness (QED) is 0.892. The van der Waals surface area contributed by atoms with E-state index in [-0.39, 0.29) is 6.03 Å². The van der Waals surface area contributed by atoms with Gasteiger partial charge in [0.1, 0.15) is 5.75 Å². The van der Waals surface area contributed by atoms with E-state index in [1.165, 1.54) is 5.56 Å². The SMILES string of the molecule is CNC(=O)N(C)Cc1ccc(C(C)C)cc1OC. The van der Waals surface area contributed by atoms with Crippen molar-refractivity contribution in [2.45, 2.75) is 26.3 Å². The van der Waals surface area contributed by atoms with Crippen LogP contribution in [0.5, 0.6) is 5.75 Å². The van der Waals surface area contributed by atoms with E-state index in [0.717, 1.165) is 11.3 Å². The van der Waals surface area contributed by atoms with Gasteiger partial charge in [0.2, 0.25) is 0 Å². The Morgan fingerprint density at radius 1 is 1.44 bits per heavy atom. The number of hydrogen-bond donors (Lipinski definition) is 1. The van der Waals surface area contributed by atoms with Crippen molar-refractivity contribution in [1.82, 2.24) is 10.2 Å². The lowest BCUT2D eigenvalue weighted by Crippen LogP contribution is -2.34. The Labute approximate surface area is 109 Å². The van der Waals surface area contributed by atoms with E-state index < -0.39 is 0 Å². The summed E-state index contributed by atoms with van der Waals surface area (Å²) in [6.45, 7) is 4.82. The van der Waals surface area contributed by atoms with Crippen LogP contribution in [-0.2, 0) is 6.54 Å². The molecule has 0 atom stereocenters. The molecule has 0 fully saturated rings. The second-order valence-corrected chi connectivity index (χ2v) is 4.64. The third kappa shape index (κ3) is 3.39. The molecule has 0 saturated heterocycles. The third-order valence-corrected chi connectivity index (χ3v) is 2.95. The molecule has 1 aromatic rings. The highest BCUT2D eigenvalue weighted by Gasteiger charge is 2.11. The van der Waals surface area contributed by atoms with Gasteiger partial charge in [-0.15, -0.1) is 0 Å². The molecule has 0 aromatic heterocycles. The highest BCUT2D eigenvalue weighted by Crippen LogP contribution is 2.25. The Morgan fingerprint density at radius 2 is 2.11 bits per heavy atom. The average molecular weight is 250 g/mol. The van der Waals surface area contributed by atoms with Crippen LogP contribution in [0.4, 0.5) is 4.79 Å². The summed E-state index contributed by atoms with van der Waals surface area (Å²) in [5, 5.41) is 2.60. The first kappa shape index (κ1) is 14.4. The zero-order valence-electron chi connectivity index (χ0n) is 11.8. The second-order valence-electron chi connectivity index (χ2n) is 4.64. The van der Waals surface area contributed by atoms with Gasteiger partial charge in [0.25, 0.3) is 0 Å². The maximum absolute atomic E-state index is 11.5. The van der Waals surface area contributed by atoms with Crippen molar-refractivity contribution in [3.8, 4) is 5.75 Å². The maximum Gasteiger partial charge on any atom is 0.317 e. The lowest BCUT2D eigenvalue weighted by atomic mass is 10.0. The van der Waals surface area contributed by atoms with Gasteiger partial charge in [0, 0.05) is 19.7 Å².